The Labute approximate surface area is 179 Å². The van der Waals surface area contributed by atoms with E-state index in [0.717, 1.165) is 11.1 Å². The second kappa shape index (κ2) is 8.65. The summed E-state index contributed by atoms with van der Waals surface area (Å²) < 4.78 is 6.37. The Morgan fingerprint density at radius 2 is 1.29 bits per heavy atom. The molecule has 0 saturated carbocycles. The summed E-state index contributed by atoms with van der Waals surface area (Å²) >= 11 is 0. The first-order valence-electron chi connectivity index (χ1n) is 10.1. The summed E-state index contributed by atoms with van der Waals surface area (Å²) in [7, 11) is 0. The normalized spacial score (nSPS) is 20.9. The van der Waals surface area contributed by atoms with E-state index in [4.69, 9.17) is 4.74 Å². The number of nitro groups is 2. The smallest absolute Gasteiger partial charge is 0.269 e. The number of hydrogen-bond acceptors (Lipinski definition) is 5. The average Bonchev–Trinajstić information content (AvgIpc) is 2.79. The second-order valence-corrected chi connectivity index (χ2v) is 7.84. The van der Waals surface area contributed by atoms with Crippen LogP contribution in [-0.4, -0.2) is 9.85 Å². The van der Waals surface area contributed by atoms with Crippen molar-refractivity contribution in [2.75, 3.05) is 0 Å². The van der Waals surface area contributed by atoms with E-state index >= 15 is 0 Å². The highest BCUT2D eigenvalue weighted by atomic mass is 16.6. The van der Waals surface area contributed by atoms with E-state index in [2.05, 4.69) is 19.1 Å². The third kappa shape index (κ3) is 4.46. The van der Waals surface area contributed by atoms with Crippen LogP contribution in [0.5, 0.6) is 0 Å². The van der Waals surface area contributed by atoms with Crippen LogP contribution in [0.1, 0.15) is 53.2 Å². The van der Waals surface area contributed by atoms with Gasteiger partial charge in [-0.25, -0.2) is 0 Å². The van der Waals surface area contributed by atoms with E-state index < -0.39 is 9.85 Å². The number of rotatable bonds is 5. The first-order valence-corrected chi connectivity index (χ1v) is 10.1. The van der Waals surface area contributed by atoms with Gasteiger partial charge < -0.3 is 4.74 Å². The Hall–Kier alpha value is -3.58. The molecule has 1 aliphatic heterocycles. The molecule has 7 nitrogen and oxygen atoms in total. The Kier molecular flexibility index (Phi) is 5.77. The van der Waals surface area contributed by atoms with Crippen LogP contribution in [0.3, 0.4) is 0 Å². The minimum absolute atomic E-state index is 0.0195. The quantitative estimate of drug-likeness (QED) is 0.364. The Bertz CT molecular complexity index is 1060. The van der Waals surface area contributed by atoms with E-state index in [1.54, 1.807) is 24.3 Å². The summed E-state index contributed by atoms with van der Waals surface area (Å²) in [6.07, 6.45) is 0.638. The van der Waals surface area contributed by atoms with Gasteiger partial charge in [-0.15, -0.1) is 0 Å². The molecule has 1 heterocycles. The number of benzene rings is 3. The number of ether oxygens (including phenoxy) is 1. The molecule has 0 aromatic heterocycles. The van der Waals surface area contributed by atoms with Gasteiger partial charge in [0.05, 0.1) is 22.1 Å². The molecule has 0 aliphatic carbocycles. The number of nitro benzene ring substituents is 2. The molecule has 0 bridgehead atoms. The molecule has 4 rings (SSSR count). The first kappa shape index (κ1) is 20.7. The fraction of sp³-hybridized carbons (Fsp3) is 0.250. The van der Waals surface area contributed by atoms with E-state index in [1.807, 2.05) is 24.3 Å². The summed E-state index contributed by atoms with van der Waals surface area (Å²) in [6.45, 7) is 2.07. The molecule has 1 saturated heterocycles. The van der Waals surface area contributed by atoms with Gasteiger partial charge in [0.25, 0.3) is 11.4 Å². The van der Waals surface area contributed by atoms with Crippen LogP contribution in [0, 0.1) is 27.2 Å². The molecule has 1 aliphatic rings. The lowest BCUT2D eigenvalue weighted by molar-refractivity contribution is -0.385. The maximum atomic E-state index is 11.3. The minimum atomic E-state index is -0.414. The van der Waals surface area contributed by atoms with Crippen LogP contribution in [0.15, 0.2) is 72.8 Å². The second-order valence-electron chi connectivity index (χ2n) is 7.84. The summed E-state index contributed by atoms with van der Waals surface area (Å²) in [5, 5.41) is 22.5. The lowest BCUT2D eigenvalue weighted by Crippen LogP contribution is -2.23. The molecule has 3 aromatic carbocycles. The fourth-order valence-electron chi connectivity index (χ4n) is 4.33. The van der Waals surface area contributed by atoms with Crippen molar-refractivity contribution in [3.05, 3.63) is 115 Å². The minimum Gasteiger partial charge on any atom is -0.366 e. The molecule has 158 valence electrons. The van der Waals surface area contributed by atoms with Gasteiger partial charge >= 0.3 is 0 Å². The van der Waals surface area contributed by atoms with Gasteiger partial charge in [0.15, 0.2) is 0 Å². The molecule has 7 heteroatoms. The molecule has 1 unspecified atom stereocenters. The Balaban J connectivity index is 1.73. The highest BCUT2D eigenvalue weighted by Gasteiger charge is 2.33. The van der Waals surface area contributed by atoms with Crippen molar-refractivity contribution < 1.29 is 14.6 Å². The predicted molar refractivity (Wildman–Crippen MR) is 116 cm³/mol. The van der Waals surface area contributed by atoms with Gasteiger partial charge in [-0.2, -0.15) is 0 Å². The van der Waals surface area contributed by atoms with Crippen LogP contribution < -0.4 is 0 Å². The third-order valence-electron chi connectivity index (χ3n) is 5.86. The zero-order valence-corrected chi connectivity index (χ0v) is 17.0. The van der Waals surface area contributed by atoms with Crippen molar-refractivity contribution >= 4 is 11.4 Å². The Morgan fingerprint density at radius 1 is 0.774 bits per heavy atom. The van der Waals surface area contributed by atoms with E-state index in [9.17, 15) is 20.2 Å². The van der Waals surface area contributed by atoms with Crippen molar-refractivity contribution in [3.8, 4) is 0 Å². The molecule has 31 heavy (non-hydrogen) atoms. The van der Waals surface area contributed by atoms with Crippen molar-refractivity contribution in [1.29, 1.82) is 0 Å². The summed E-state index contributed by atoms with van der Waals surface area (Å²) in [4.78, 5) is 21.7. The molecule has 3 aromatic rings. The zero-order chi connectivity index (χ0) is 22.0. The summed E-state index contributed by atoms with van der Waals surface area (Å²) in [5.74, 6) is 0.156. The van der Waals surface area contributed by atoms with Crippen molar-refractivity contribution in [2.45, 2.75) is 37.9 Å². The molecule has 0 amide bonds. The van der Waals surface area contributed by atoms with Gasteiger partial charge in [-0.05, 0) is 47.9 Å². The number of aryl methyl sites for hydroxylation is 1. The van der Waals surface area contributed by atoms with Crippen molar-refractivity contribution in [2.24, 2.45) is 0 Å². The molecular weight excluding hydrogens is 396 g/mol. The van der Waals surface area contributed by atoms with Crippen LogP contribution in [0.2, 0.25) is 0 Å². The van der Waals surface area contributed by atoms with E-state index in [-0.39, 0.29) is 29.5 Å². The highest BCUT2D eigenvalue weighted by Crippen LogP contribution is 2.47. The van der Waals surface area contributed by atoms with Crippen LogP contribution >= 0.6 is 0 Å². The molecular formula is C24H22N2O5. The fourth-order valence-corrected chi connectivity index (χ4v) is 4.33. The SMILES string of the molecule is Cc1ccccc1C1C[C@@H](c2cccc([N+](=O)[O-])c2)O[C@@H](c2cccc([N+](=O)[O-])c2)C1. The van der Waals surface area contributed by atoms with E-state index in [1.165, 1.54) is 23.3 Å². The average molecular weight is 418 g/mol. The molecule has 0 radical (unpaired) electrons. The van der Waals surface area contributed by atoms with Crippen molar-refractivity contribution in [3.63, 3.8) is 0 Å². The Morgan fingerprint density at radius 3 is 1.77 bits per heavy atom. The predicted octanol–water partition coefficient (Wildman–Crippen LogP) is 6.19. The molecule has 0 N–H and O–H groups in total. The van der Waals surface area contributed by atoms with E-state index in [0.29, 0.717) is 12.8 Å². The molecule has 3 atom stereocenters. The van der Waals surface area contributed by atoms with Gasteiger partial charge in [0.2, 0.25) is 0 Å². The monoisotopic (exact) mass is 418 g/mol. The lowest BCUT2D eigenvalue weighted by atomic mass is 9.80. The van der Waals surface area contributed by atoms with Crippen molar-refractivity contribution in [1.82, 2.24) is 0 Å². The van der Waals surface area contributed by atoms with Gasteiger partial charge in [0, 0.05) is 24.3 Å². The largest absolute Gasteiger partial charge is 0.366 e. The lowest BCUT2D eigenvalue weighted by Gasteiger charge is -2.36. The van der Waals surface area contributed by atoms with Gasteiger partial charge in [0.1, 0.15) is 0 Å². The molecule has 1 fully saturated rings. The maximum absolute atomic E-state index is 11.3. The number of non-ortho nitro benzene ring substituents is 2. The zero-order valence-electron chi connectivity index (χ0n) is 17.0. The highest BCUT2D eigenvalue weighted by molar-refractivity contribution is 5.39. The van der Waals surface area contributed by atoms with Crippen LogP contribution in [0.25, 0.3) is 0 Å². The number of nitrogens with zero attached hydrogens (tertiary/aromatic N) is 2. The molecule has 0 spiro atoms. The standard InChI is InChI=1S/C24H22N2O5/c1-16-6-2-3-11-22(16)19-14-23(17-7-4-9-20(12-17)25(27)28)31-24(15-19)18-8-5-10-21(13-18)26(29)30/h2-13,19,23-24H,14-15H2,1H3/t19?,23-,24+. The first-order chi connectivity index (χ1) is 14.9. The van der Waals surface area contributed by atoms with Gasteiger partial charge in [-0.1, -0.05) is 48.5 Å². The topological polar surface area (TPSA) is 95.5 Å². The number of hydrogen-bond donors (Lipinski definition) is 0. The maximum Gasteiger partial charge on any atom is 0.269 e. The van der Waals surface area contributed by atoms with Crippen LogP contribution in [-0.2, 0) is 4.74 Å². The summed E-state index contributed by atoms with van der Waals surface area (Å²) in [6, 6.07) is 21.2. The van der Waals surface area contributed by atoms with Gasteiger partial charge in [-0.3, -0.25) is 20.2 Å². The third-order valence-corrected chi connectivity index (χ3v) is 5.86. The van der Waals surface area contributed by atoms with Crippen LogP contribution in [0.4, 0.5) is 11.4 Å². The summed E-state index contributed by atoms with van der Waals surface area (Å²) in [5.41, 5.74) is 3.89.